The molecule has 222 valence electrons. The van der Waals surface area contributed by atoms with Crippen molar-refractivity contribution in [3.63, 3.8) is 0 Å². The zero-order valence-corrected chi connectivity index (χ0v) is 29.0. The third-order valence-electron chi connectivity index (χ3n) is 6.58. The third-order valence-corrected chi connectivity index (χ3v) is 7.82. The maximum atomic E-state index is 2.89. The largest absolute Gasteiger partial charge is 4.00 e. The van der Waals surface area contributed by atoms with E-state index in [0.29, 0.717) is 0 Å². The second-order valence-electron chi connectivity index (χ2n) is 10.3. The van der Waals surface area contributed by atoms with Gasteiger partial charge < -0.3 is 0 Å². The molecule has 0 fully saturated rings. The van der Waals surface area contributed by atoms with Gasteiger partial charge in [-0.3, -0.25) is 0 Å². The maximum absolute atomic E-state index is 2.89. The average Bonchev–Trinajstić information content (AvgIpc) is 3.69. The standard InChI is InChI=1S/C12H10Si.2C10H9.2C6H5.Ti/c1-3-7-11(8-4-1)13-12-9-5-2-6-10-12;2*1-8-6-9-4-2-3-5-10(9)7-8;2*1-2-4-6-5-3-1;/h1-10H;2*2-7H,1H3;2*1-5H;/q;4*-1;+4. The first-order valence-electron chi connectivity index (χ1n) is 15.1. The number of aryl methyl sites for hydroxylation is 2. The molecule has 0 atom stereocenters. The van der Waals surface area contributed by atoms with E-state index < -0.39 is 0 Å². The zero-order valence-electron chi connectivity index (χ0n) is 26.5. The van der Waals surface area contributed by atoms with Gasteiger partial charge in [-0.25, -0.2) is 0 Å². The summed E-state index contributed by atoms with van der Waals surface area (Å²) in [6, 6.07) is 71.8. The van der Waals surface area contributed by atoms with Crippen LogP contribution >= 0.6 is 0 Å². The van der Waals surface area contributed by atoms with Crippen LogP contribution in [0.1, 0.15) is 11.1 Å². The Labute approximate surface area is 292 Å². The van der Waals surface area contributed by atoms with E-state index in [1.165, 1.54) is 43.0 Å². The van der Waals surface area contributed by atoms with E-state index in [4.69, 9.17) is 0 Å². The van der Waals surface area contributed by atoms with Crippen LogP contribution < -0.4 is 10.4 Å². The molecule has 0 bridgehead atoms. The van der Waals surface area contributed by atoms with Gasteiger partial charge in [-0.15, -0.1) is 81.2 Å². The topological polar surface area (TPSA) is 0 Å². The summed E-state index contributed by atoms with van der Waals surface area (Å²) in [6.45, 7) is 4.25. The second-order valence-corrected chi connectivity index (χ2v) is 11.7. The number of benzene rings is 6. The van der Waals surface area contributed by atoms with E-state index >= 15 is 0 Å². The molecule has 0 heterocycles. The molecule has 0 aliphatic carbocycles. The van der Waals surface area contributed by atoms with Gasteiger partial charge in [-0.2, -0.15) is 84.9 Å². The van der Waals surface area contributed by atoms with Gasteiger partial charge in [0.25, 0.3) is 0 Å². The fraction of sp³-hybridized carbons (Fsp3) is 0.0455. The number of hydrogen-bond acceptors (Lipinski definition) is 0. The summed E-state index contributed by atoms with van der Waals surface area (Å²) in [4.78, 5) is 0. The molecule has 0 aromatic heterocycles. The predicted octanol–water partition coefficient (Wildman–Crippen LogP) is 10.0. The molecule has 8 aromatic carbocycles. The summed E-state index contributed by atoms with van der Waals surface area (Å²) >= 11 is 0. The van der Waals surface area contributed by atoms with Crippen molar-refractivity contribution in [1.82, 2.24) is 0 Å². The van der Waals surface area contributed by atoms with Gasteiger partial charge in [0.1, 0.15) is 9.52 Å². The minimum Gasteiger partial charge on any atom is -0.184 e. The summed E-state index contributed by atoms with van der Waals surface area (Å²) in [5.74, 6) is 0. The number of fused-ring (bicyclic) bond motifs is 2. The molecule has 0 unspecified atom stereocenters. The van der Waals surface area contributed by atoms with E-state index in [2.05, 4.69) is 159 Å². The molecule has 0 saturated carbocycles. The van der Waals surface area contributed by atoms with Crippen LogP contribution in [-0.2, 0) is 21.7 Å². The average molecular weight is 643 g/mol. The minimum atomic E-state index is 0. The van der Waals surface area contributed by atoms with E-state index in [0.717, 1.165) is 9.52 Å². The van der Waals surface area contributed by atoms with Gasteiger partial charge in [-0.1, -0.05) is 97.0 Å². The van der Waals surface area contributed by atoms with Gasteiger partial charge in [0.15, 0.2) is 0 Å². The Bertz CT molecular complexity index is 1610. The molecule has 0 aliphatic rings. The molecule has 2 radical (unpaired) electrons. The summed E-state index contributed by atoms with van der Waals surface area (Å²) in [6.07, 6.45) is 0. The van der Waals surface area contributed by atoms with Crippen LogP contribution in [0.5, 0.6) is 0 Å². The van der Waals surface area contributed by atoms with Crippen LogP contribution in [0.15, 0.2) is 194 Å². The Morgan fingerprint density at radius 3 is 1.04 bits per heavy atom. The molecule has 0 nitrogen and oxygen atoms in total. The molecule has 8 aromatic rings. The summed E-state index contributed by atoms with van der Waals surface area (Å²) < 4.78 is 0. The molecule has 0 N–H and O–H groups in total. The van der Waals surface area contributed by atoms with Crippen molar-refractivity contribution in [2.24, 2.45) is 0 Å². The molecule has 0 amide bonds. The van der Waals surface area contributed by atoms with Crippen molar-refractivity contribution in [2.75, 3.05) is 0 Å². The molecular formula is C44H38SiTi. The second kappa shape index (κ2) is 21.3. The van der Waals surface area contributed by atoms with Crippen LogP contribution in [-0.4, -0.2) is 9.52 Å². The zero-order chi connectivity index (χ0) is 31.4. The Morgan fingerprint density at radius 2 is 0.739 bits per heavy atom. The van der Waals surface area contributed by atoms with Crippen molar-refractivity contribution < 1.29 is 21.7 Å². The Morgan fingerprint density at radius 1 is 0.413 bits per heavy atom. The molecule has 0 spiro atoms. The maximum Gasteiger partial charge on any atom is 4.00 e. The van der Waals surface area contributed by atoms with Crippen LogP contribution in [0.4, 0.5) is 0 Å². The predicted molar refractivity (Wildman–Crippen MR) is 197 cm³/mol. The normalized spacial score (nSPS) is 9.43. The molecule has 8 rings (SSSR count). The molecule has 0 saturated heterocycles. The summed E-state index contributed by atoms with van der Waals surface area (Å²) in [5, 5.41) is 8.18. The first kappa shape index (κ1) is 35.9. The monoisotopic (exact) mass is 642 g/mol. The van der Waals surface area contributed by atoms with Crippen molar-refractivity contribution in [1.29, 1.82) is 0 Å². The Kier molecular flexibility index (Phi) is 16.6. The van der Waals surface area contributed by atoms with Crippen LogP contribution in [0.2, 0.25) is 0 Å². The van der Waals surface area contributed by atoms with E-state index in [-0.39, 0.29) is 21.7 Å². The van der Waals surface area contributed by atoms with E-state index in [9.17, 15) is 0 Å². The van der Waals surface area contributed by atoms with Crippen LogP contribution in [0.3, 0.4) is 0 Å². The first-order valence-corrected chi connectivity index (χ1v) is 16.1. The Hall–Kier alpha value is -4.53. The van der Waals surface area contributed by atoms with Gasteiger partial charge >= 0.3 is 21.7 Å². The smallest absolute Gasteiger partial charge is 0.184 e. The molecule has 0 aliphatic heterocycles. The summed E-state index contributed by atoms with van der Waals surface area (Å²) in [7, 11) is 0.777. The van der Waals surface area contributed by atoms with Gasteiger partial charge in [0.2, 0.25) is 0 Å². The fourth-order valence-corrected chi connectivity index (χ4v) is 5.56. The fourth-order valence-electron chi connectivity index (χ4n) is 4.51. The minimum absolute atomic E-state index is 0. The van der Waals surface area contributed by atoms with E-state index in [1.807, 2.05) is 60.7 Å². The number of hydrogen-bond donors (Lipinski definition) is 0. The van der Waals surface area contributed by atoms with Crippen molar-refractivity contribution in [3.8, 4) is 0 Å². The van der Waals surface area contributed by atoms with E-state index in [1.54, 1.807) is 0 Å². The summed E-state index contributed by atoms with van der Waals surface area (Å²) in [5.41, 5.74) is 2.70. The van der Waals surface area contributed by atoms with Gasteiger partial charge in [0.05, 0.1) is 0 Å². The Balaban J connectivity index is 0.000000160. The molecule has 2 heteroatoms. The van der Waals surface area contributed by atoms with Crippen molar-refractivity contribution in [2.45, 2.75) is 13.8 Å². The first-order chi connectivity index (χ1) is 22.2. The van der Waals surface area contributed by atoms with Gasteiger partial charge in [-0.05, 0) is 0 Å². The number of rotatable bonds is 2. The van der Waals surface area contributed by atoms with Crippen molar-refractivity contribution in [3.05, 3.63) is 217 Å². The quantitative estimate of drug-likeness (QED) is 0.130. The molecular weight excluding hydrogens is 604 g/mol. The van der Waals surface area contributed by atoms with Crippen LogP contribution in [0, 0.1) is 26.0 Å². The van der Waals surface area contributed by atoms with Gasteiger partial charge in [0, 0.05) is 0 Å². The SMILES string of the molecule is Cc1cc2ccccc2[cH-]1.Cc1cc2ccccc2[cH-]1.[Ti+4].[c-]1ccccc1.[c-]1ccccc1.c1ccc([Si]c2ccccc2)cc1. The van der Waals surface area contributed by atoms with Crippen LogP contribution in [0.25, 0.3) is 21.5 Å². The third kappa shape index (κ3) is 13.6. The molecule has 46 heavy (non-hydrogen) atoms. The van der Waals surface area contributed by atoms with Crippen molar-refractivity contribution >= 4 is 41.4 Å².